The summed E-state index contributed by atoms with van der Waals surface area (Å²) in [7, 11) is 0. The number of carboxylic acid groups (broad SMARTS) is 1. The molecule has 0 aliphatic heterocycles. The van der Waals surface area contributed by atoms with Gasteiger partial charge in [-0.25, -0.2) is 4.79 Å². The molecule has 0 radical (unpaired) electrons. The molecule has 0 aliphatic carbocycles. The Balaban J connectivity index is 2.34. The molecule has 90 valence electrons. The summed E-state index contributed by atoms with van der Waals surface area (Å²) in [6.45, 7) is 5.76. The Hall–Kier alpha value is -1.36. The Bertz CT molecular complexity index is 332. The van der Waals surface area contributed by atoms with Crippen molar-refractivity contribution >= 4 is 5.97 Å². The van der Waals surface area contributed by atoms with Gasteiger partial charge in [-0.1, -0.05) is 31.8 Å². The molecular formula is C11H18N2O3. The van der Waals surface area contributed by atoms with E-state index in [2.05, 4.69) is 24.3 Å². The van der Waals surface area contributed by atoms with E-state index in [9.17, 15) is 4.79 Å². The molecular weight excluding hydrogens is 208 g/mol. The lowest BCUT2D eigenvalue weighted by Gasteiger charge is -2.11. The summed E-state index contributed by atoms with van der Waals surface area (Å²) < 4.78 is 4.88. The van der Waals surface area contributed by atoms with Gasteiger partial charge < -0.3 is 14.9 Å². The van der Waals surface area contributed by atoms with E-state index < -0.39 is 5.97 Å². The number of aromatic carboxylic acids is 1. The van der Waals surface area contributed by atoms with Crippen LogP contribution in [0.4, 0.5) is 0 Å². The van der Waals surface area contributed by atoms with Crippen molar-refractivity contribution in [1.82, 2.24) is 10.5 Å². The van der Waals surface area contributed by atoms with Gasteiger partial charge in [-0.15, -0.1) is 0 Å². The van der Waals surface area contributed by atoms with Crippen molar-refractivity contribution in [2.75, 3.05) is 6.54 Å². The lowest BCUT2D eigenvalue weighted by atomic mass is 10.0. The van der Waals surface area contributed by atoms with Crippen LogP contribution in [0, 0.1) is 5.92 Å². The SMILES string of the molecule is CCC(CC)CNCc1cc(C(=O)O)no1. The van der Waals surface area contributed by atoms with Crippen LogP contribution in [0.3, 0.4) is 0 Å². The molecule has 1 heterocycles. The van der Waals surface area contributed by atoms with E-state index in [1.54, 1.807) is 0 Å². The first-order chi connectivity index (χ1) is 7.67. The van der Waals surface area contributed by atoms with E-state index in [1.807, 2.05) is 0 Å². The molecule has 0 aromatic carbocycles. The van der Waals surface area contributed by atoms with Crippen LogP contribution >= 0.6 is 0 Å². The summed E-state index contributed by atoms with van der Waals surface area (Å²) >= 11 is 0. The maximum Gasteiger partial charge on any atom is 0.358 e. The summed E-state index contributed by atoms with van der Waals surface area (Å²) in [5.74, 6) is 0.153. The maximum absolute atomic E-state index is 10.5. The zero-order valence-electron chi connectivity index (χ0n) is 9.69. The summed E-state index contributed by atoms with van der Waals surface area (Å²) in [6.07, 6.45) is 2.28. The van der Waals surface area contributed by atoms with Gasteiger partial charge in [0, 0.05) is 6.07 Å². The molecule has 0 fully saturated rings. The second kappa shape index (κ2) is 6.27. The number of carbonyl (C=O) groups is 1. The van der Waals surface area contributed by atoms with Crippen LogP contribution in [-0.4, -0.2) is 22.8 Å². The van der Waals surface area contributed by atoms with Crippen LogP contribution in [0.2, 0.25) is 0 Å². The van der Waals surface area contributed by atoms with Gasteiger partial charge in [0.15, 0.2) is 11.5 Å². The first-order valence-corrected chi connectivity index (χ1v) is 5.57. The number of nitrogens with one attached hydrogen (secondary N) is 1. The zero-order valence-corrected chi connectivity index (χ0v) is 9.69. The monoisotopic (exact) mass is 226 g/mol. The van der Waals surface area contributed by atoms with E-state index in [-0.39, 0.29) is 5.69 Å². The summed E-state index contributed by atoms with van der Waals surface area (Å²) in [5, 5.41) is 15.3. The molecule has 0 unspecified atom stereocenters. The van der Waals surface area contributed by atoms with Gasteiger partial charge in [0.1, 0.15) is 0 Å². The average Bonchev–Trinajstić information content (AvgIpc) is 2.73. The van der Waals surface area contributed by atoms with E-state index >= 15 is 0 Å². The second-order valence-electron chi connectivity index (χ2n) is 3.80. The summed E-state index contributed by atoms with van der Waals surface area (Å²) in [5.41, 5.74) is -0.0423. The topological polar surface area (TPSA) is 75.4 Å². The van der Waals surface area contributed by atoms with Crippen LogP contribution in [-0.2, 0) is 6.54 Å². The van der Waals surface area contributed by atoms with Crippen LogP contribution in [0.15, 0.2) is 10.6 Å². The Morgan fingerprint density at radius 1 is 1.56 bits per heavy atom. The Morgan fingerprint density at radius 2 is 2.25 bits per heavy atom. The number of hydrogen-bond donors (Lipinski definition) is 2. The molecule has 2 N–H and O–H groups in total. The third-order valence-electron chi connectivity index (χ3n) is 2.67. The molecule has 1 aromatic heterocycles. The summed E-state index contributed by atoms with van der Waals surface area (Å²) in [4.78, 5) is 10.5. The number of rotatable bonds is 7. The predicted molar refractivity (Wildman–Crippen MR) is 59.2 cm³/mol. The van der Waals surface area contributed by atoms with Crippen LogP contribution in [0.25, 0.3) is 0 Å². The third kappa shape index (κ3) is 3.66. The fraction of sp³-hybridized carbons (Fsp3) is 0.636. The molecule has 5 heteroatoms. The summed E-state index contributed by atoms with van der Waals surface area (Å²) in [6, 6.07) is 1.45. The van der Waals surface area contributed by atoms with Gasteiger partial charge >= 0.3 is 5.97 Å². The Morgan fingerprint density at radius 3 is 2.75 bits per heavy atom. The minimum Gasteiger partial charge on any atom is -0.476 e. The number of aromatic nitrogens is 1. The van der Waals surface area contributed by atoms with Gasteiger partial charge in [0.2, 0.25) is 0 Å². The predicted octanol–water partition coefficient (Wildman–Crippen LogP) is 1.90. The number of hydrogen-bond acceptors (Lipinski definition) is 4. The van der Waals surface area contributed by atoms with Crippen molar-refractivity contribution in [3.63, 3.8) is 0 Å². The van der Waals surface area contributed by atoms with Crippen molar-refractivity contribution in [3.05, 3.63) is 17.5 Å². The van der Waals surface area contributed by atoms with Crippen LogP contribution < -0.4 is 5.32 Å². The second-order valence-corrected chi connectivity index (χ2v) is 3.80. The lowest BCUT2D eigenvalue weighted by Crippen LogP contribution is -2.21. The van der Waals surface area contributed by atoms with Crippen molar-refractivity contribution in [1.29, 1.82) is 0 Å². The lowest BCUT2D eigenvalue weighted by molar-refractivity contribution is 0.0685. The standard InChI is InChI=1S/C11H18N2O3/c1-3-8(4-2)6-12-7-9-5-10(11(14)15)13-16-9/h5,8,12H,3-4,6-7H2,1-2H3,(H,14,15). The molecule has 0 bridgehead atoms. The molecule has 0 spiro atoms. The molecule has 5 nitrogen and oxygen atoms in total. The molecule has 0 saturated heterocycles. The van der Waals surface area contributed by atoms with E-state index in [0.717, 1.165) is 19.4 Å². The smallest absolute Gasteiger partial charge is 0.358 e. The van der Waals surface area contributed by atoms with Gasteiger partial charge in [0.05, 0.1) is 6.54 Å². The fourth-order valence-electron chi connectivity index (χ4n) is 1.47. The van der Waals surface area contributed by atoms with Gasteiger partial charge in [-0.05, 0) is 12.5 Å². The Labute approximate surface area is 94.8 Å². The van der Waals surface area contributed by atoms with Crippen LogP contribution in [0.5, 0.6) is 0 Å². The fourth-order valence-corrected chi connectivity index (χ4v) is 1.47. The van der Waals surface area contributed by atoms with Gasteiger partial charge in [-0.3, -0.25) is 0 Å². The molecule has 0 atom stereocenters. The highest BCUT2D eigenvalue weighted by Gasteiger charge is 2.10. The number of nitrogens with zero attached hydrogens (tertiary/aromatic N) is 1. The van der Waals surface area contributed by atoms with Crippen molar-refractivity contribution in [3.8, 4) is 0 Å². The minimum absolute atomic E-state index is 0.0423. The highest BCUT2D eigenvalue weighted by atomic mass is 16.5. The number of carboxylic acids is 1. The molecule has 16 heavy (non-hydrogen) atoms. The maximum atomic E-state index is 10.5. The van der Waals surface area contributed by atoms with Gasteiger partial charge in [0.25, 0.3) is 0 Å². The van der Waals surface area contributed by atoms with Gasteiger partial charge in [-0.2, -0.15) is 0 Å². The highest BCUT2D eigenvalue weighted by molar-refractivity contribution is 5.85. The van der Waals surface area contributed by atoms with E-state index in [1.165, 1.54) is 6.07 Å². The first kappa shape index (κ1) is 12.7. The largest absolute Gasteiger partial charge is 0.476 e. The molecule has 0 saturated carbocycles. The van der Waals surface area contributed by atoms with Crippen molar-refractivity contribution in [2.24, 2.45) is 5.92 Å². The molecule has 1 rings (SSSR count). The highest BCUT2D eigenvalue weighted by Crippen LogP contribution is 2.07. The minimum atomic E-state index is -1.06. The quantitative estimate of drug-likeness (QED) is 0.742. The average molecular weight is 226 g/mol. The van der Waals surface area contributed by atoms with E-state index in [0.29, 0.717) is 18.2 Å². The van der Waals surface area contributed by atoms with Crippen molar-refractivity contribution < 1.29 is 14.4 Å². The van der Waals surface area contributed by atoms with E-state index in [4.69, 9.17) is 9.63 Å². The zero-order chi connectivity index (χ0) is 12.0. The van der Waals surface area contributed by atoms with Crippen LogP contribution in [0.1, 0.15) is 42.9 Å². The molecule has 1 aromatic rings. The first-order valence-electron chi connectivity index (χ1n) is 5.57. The molecule has 0 aliphatic rings. The normalized spacial score (nSPS) is 10.9. The Kier molecular flexibility index (Phi) is 4.98. The van der Waals surface area contributed by atoms with Crippen molar-refractivity contribution in [2.45, 2.75) is 33.2 Å². The third-order valence-corrected chi connectivity index (χ3v) is 2.67. The molecule has 0 amide bonds.